The van der Waals surface area contributed by atoms with Crippen LogP contribution in [0, 0.1) is 0 Å². The van der Waals surface area contributed by atoms with Gasteiger partial charge in [0.2, 0.25) is 0 Å². The summed E-state index contributed by atoms with van der Waals surface area (Å²) in [5, 5.41) is 8.00. The largest absolute Gasteiger partial charge is 0.491 e. The topological polar surface area (TPSA) is 89.0 Å². The lowest BCUT2D eigenvalue weighted by atomic mass is 10.1. The molecule has 8 heteroatoms. The molecule has 3 N–H and O–H groups in total. The van der Waals surface area contributed by atoms with Gasteiger partial charge < -0.3 is 29.7 Å². The number of methoxy groups -OCH3 is 2. The summed E-state index contributed by atoms with van der Waals surface area (Å²) in [6, 6.07) is 6.73. The fraction of sp³-hybridized carbons (Fsp3) is 0.333. The summed E-state index contributed by atoms with van der Waals surface area (Å²) in [5.41, 5.74) is 5.93. The average molecular weight is 392 g/mol. The van der Waals surface area contributed by atoms with Crippen LogP contribution in [0.3, 0.4) is 0 Å². The van der Waals surface area contributed by atoms with E-state index in [4.69, 9.17) is 14.5 Å². The molecular weight excluding hydrogens is 368 g/mol. The molecule has 29 heavy (non-hydrogen) atoms. The van der Waals surface area contributed by atoms with Crippen molar-refractivity contribution in [3.8, 4) is 22.9 Å². The number of rotatable bonds is 6. The van der Waals surface area contributed by atoms with E-state index in [0.717, 1.165) is 53.0 Å². The maximum atomic E-state index is 5.41. The zero-order valence-corrected chi connectivity index (χ0v) is 16.7. The minimum absolute atomic E-state index is 0.473. The Labute approximate surface area is 168 Å². The highest BCUT2D eigenvalue weighted by Gasteiger charge is 2.19. The highest BCUT2D eigenvalue weighted by molar-refractivity contribution is 5.96. The number of ether oxygens (including phenoxy) is 2. The number of aromatic nitrogens is 4. The van der Waals surface area contributed by atoms with Gasteiger partial charge in [0.25, 0.3) is 5.88 Å². The van der Waals surface area contributed by atoms with Gasteiger partial charge in [-0.2, -0.15) is 0 Å². The van der Waals surface area contributed by atoms with E-state index in [2.05, 4.69) is 38.9 Å². The van der Waals surface area contributed by atoms with Gasteiger partial charge in [-0.25, -0.2) is 9.97 Å². The van der Waals surface area contributed by atoms with E-state index >= 15 is 0 Å². The molecule has 0 saturated carbocycles. The van der Waals surface area contributed by atoms with Gasteiger partial charge in [-0.05, 0) is 17.7 Å². The van der Waals surface area contributed by atoms with Crippen LogP contribution in [0.25, 0.3) is 33.3 Å². The van der Waals surface area contributed by atoms with Gasteiger partial charge in [-0.15, -0.1) is 0 Å². The molecule has 0 radical (unpaired) electrons. The van der Waals surface area contributed by atoms with Crippen molar-refractivity contribution in [3.63, 3.8) is 0 Å². The number of hydrogen-bond acceptors (Lipinski definition) is 6. The summed E-state index contributed by atoms with van der Waals surface area (Å²) in [6.45, 7) is 2.88. The lowest BCUT2D eigenvalue weighted by molar-refractivity contribution is 0.344. The van der Waals surface area contributed by atoms with Crippen molar-refractivity contribution in [1.29, 1.82) is 0 Å². The highest BCUT2D eigenvalue weighted by atomic mass is 16.5. The van der Waals surface area contributed by atoms with Gasteiger partial charge in [0.1, 0.15) is 11.2 Å². The van der Waals surface area contributed by atoms with Gasteiger partial charge >= 0.3 is 0 Å². The predicted molar refractivity (Wildman–Crippen MR) is 112 cm³/mol. The number of aryl methyl sites for hydroxylation is 1. The number of fused-ring (bicyclic) bond motifs is 2. The first-order valence-electron chi connectivity index (χ1n) is 9.67. The van der Waals surface area contributed by atoms with Crippen LogP contribution < -0.4 is 20.1 Å². The molecule has 0 bridgehead atoms. The third-order valence-corrected chi connectivity index (χ3v) is 5.58. The molecule has 5 heterocycles. The standard InChI is InChI=1S/C21H24N6O2/c1-27-11-15(19-17(27)7-18(28-2)21(26-19)29-3)16-6-14-12(4-5-23-20(14)25-16)8-24-13-9-22-10-13/h4-7,11,13,22,24H,8-10H2,1-3H3,(H,23,25). The monoisotopic (exact) mass is 392 g/mol. The molecule has 8 nitrogen and oxygen atoms in total. The third-order valence-electron chi connectivity index (χ3n) is 5.58. The molecule has 0 amide bonds. The summed E-state index contributed by atoms with van der Waals surface area (Å²) in [6.07, 6.45) is 3.92. The number of H-pyrrole nitrogens is 1. The number of nitrogens with zero attached hydrogens (tertiary/aromatic N) is 3. The van der Waals surface area contributed by atoms with Gasteiger partial charge in [0.15, 0.2) is 5.75 Å². The minimum atomic E-state index is 0.473. The Hall–Kier alpha value is -3.10. The fourth-order valence-electron chi connectivity index (χ4n) is 3.82. The van der Waals surface area contributed by atoms with E-state index in [0.29, 0.717) is 17.7 Å². The van der Waals surface area contributed by atoms with E-state index < -0.39 is 0 Å². The van der Waals surface area contributed by atoms with Crippen LogP contribution in [0.15, 0.2) is 30.6 Å². The summed E-state index contributed by atoms with van der Waals surface area (Å²) in [7, 11) is 5.22. The van der Waals surface area contributed by atoms with Gasteiger partial charge in [-0.1, -0.05) is 0 Å². The molecule has 0 unspecified atom stereocenters. The zero-order chi connectivity index (χ0) is 20.0. The van der Waals surface area contributed by atoms with Gasteiger partial charge in [-0.3, -0.25) is 0 Å². The Morgan fingerprint density at radius 3 is 2.83 bits per heavy atom. The second-order valence-electron chi connectivity index (χ2n) is 7.37. The average Bonchev–Trinajstić information content (AvgIpc) is 3.27. The summed E-state index contributed by atoms with van der Waals surface area (Å²) in [4.78, 5) is 12.7. The van der Waals surface area contributed by atoms with Crippen LogP contribution in [-0.2, 0) is 13.6 Å². The maximum Gasteiger partial charge on any atom is 0.257 e. The molecule has 0 aromatic carbocycles. The van der Waals surface area contributed by atoms with Crippen molar-refractivity contribution < 1.29 is 9.47 Å². The fourth-order valence-corrected chi connectivity index (χ4v) is 3.82. The van der Waals surface area contributed by atoms with E-state index in [9.17, 15) is 0 Å². The molecular formula is C21H24N6O2. The smallest absolute Gasteiger partial charge is 0.257 e. The van der Waals surface area contributed by atoms with Gasteiger partial charge in [0.05, 0.1) is 25.4 Å². The van der Waals surface area contributed by atoms with Crippen LogP contribution in [0.2, 0.25) is 0 Å². The molecule has 1 saturated heterocycles. The Kier molecular flexibility index (Phi) is 4.37. The van der Waals surface area contributed by atoms with Crippen molar-refractivity contribution >= 4 is 22.1 Å². The Balaban J connectivity index is 1.59. The molecule has 4 aromatic heterocycles. The van der Waals surface area contributed by atoms with E-state index in [1.807, 2.05) is 23.9 Å². The zero-order valence-electron chi connectivity index (χ0n) is 16.7. The quantitative estimate of drug-likeness (QED) is 0.466. The maximum absolute atomic E-state index is 5.41. The lowest BCUT2D eigenvalue weighted by Gasteiger charge is -2.28. The minimum Gasteiger partial charge on any atom is -0.491 e. The van der Waals surface area contributed by atoms with Crippen LogP contribution in [0.4, 0.5) is 0 Å². The molecule has 1 aliphatic heterocycles. The molecule has 150 valence electrons. The molecule has 4 aromatic rings. The first-order chi connectivity index (χ1) is 14.2. The van der Waals surface area contributed by atoms with E-state index in [1.165, 1.54) is 5.56 Å². The summed E-state index contributed by atoms with van der Waals surface area (Å²) in [5.74, 6) is 1.09. The summed E-state index contributed by atoms with van der Waals surface area (Å²) >= 11 is 0. The third kappa shape index (κ3) is 3.01. The van der Waals surface area contributed by atoms with Gasteiger partial charge in [0, 0.05) is 62.1 Å². The SMILES string of the molecule is COc1cc2c(nc1OC)c(-c1cc3c(CNC4CNC4)ccnc3[nH]1)cn2C. The molecule has 0 spiro atoms. The first-order valence-corrected chi connectivity index (χ1v) is 9.67. The Bertz CT molecular complexity index is 1190. The van der Waals surface area contributed by atoms with Crippen molar-refractivity contribution in [1.82, 2.24) is 30.2 Å². The van der Waals surface area contributed by atoms with Crippen molar-refractivity contribution in [2.45, 2.75) is 12.6 Å². The lowest BCUT2D eigenvalue weighted by Crippen LogP contribution is -2.54. The van der Waals surface area contributed by atoms with Crippen molar-refractivity contribution in [3.05, 3.63) is 36.2 Å². The molecule has 5 rings (SSSR count). The number of nitrogens with one attached hydrogen (secondary N) is 3. The second-order valence-corrected chi connectivity index (χ2v) is 7.37. The van der Waals surface area contributed by atoms with Crippen LogP contribution >= 0.6 is 0 Å². The van der Waals surface area contributed by atoms with Crippen LogP contribution in [0.5, 0.6) is 11.6 Å². The first kappa shape index (κ1) is 18.0. The van der Waals surface area contributed by atoms with Crippen LogP contribution in [0.1, 0.15) is 5.56 Å². The van der Waals surface area contributed by atoms with E-state index in [1.54, 1.807) is 14.2 Å². The number of hydrogen-bond donors (Lipinski definition) is 3. The molecule has 1 fully saturated rings. The Morgan fingerprint density at radius 1 is 1.24 bits per heavy atom. The predicted octanol–water partition coefficient (Wildman–Crippen LogP) is 2.20. The van der Waals surface area contributed by atoms with Crippen molar-refractivity contribution in [2.24, 2.45) is 7.05 Å². The normalized spacial score (nSPS) is 14.4. The van der Waals surface area contributed by atoms with E-state index in [-0.39, 0.29) is 0 Å². The number of aromatic amines is 1. The number of pyridine rings is 2. The molecule has 0 aliphatic carbocycles. The second kappa shape index (κ2) is 7.06. The summed E-state index contributed by atoms with van der Waals surface area (Å²) < 4.78 is 12.9. The molecule has 0 atom stereocenters. The van der Waals surface area contributed by atoms with Crippen molar-refractivity contribution in [2.75, 3.05) is 27.3 Å². The Morgan fingerprint density at radius 2 is 2.10 bits per heavy atom. The molecule has 1 aliphatic rings. The van der Waals surface area contributed by atoms with Crippen LogP contribution in [-0.4, -0.2) is 52.9 Å². The highest BCUT2D eigenvalue weighted by Crippen LogP contribution is 2.36.